The van der Waals surface area contributed by atoms with Gasteiger partial charge in [0.1, 0.15) is 0 Å². The second-order valence-corrected chi connectivity index (χ2v) is 8.64. The summed E-state index contributed by atoms with van der Waals surface area (Å²) in [7, 11) is 0. The van der Waals surface area contributed by atoms with Crippen LogP contribution in [-0.2, 0) is 11.3 Å². The molecule has 3 rings (SSSR count). The van der Waals surface area contributed by atoms with Gasteiger partial charge < -0.3 is 5.32 Å². The molecular weight excluding hydrogens is 418 g/mol. The Morgan fingerprint density at radius 1 is 0.909 bits per heavy atom. The molecule has 3 aromatic rings. The van der Waals surface area contributed by atoms with Gasteiger partial charge in [0.2, 0.25) is 5.91 Å². The minimum atomic E-state index is -0.471. The number of amides is 1. The molecule has 0 saturated heterocycles. The van der Waals surface area contributed by atoms with Crippen LogP contribution in [0.4, 0.5) is 5.69 Å². The number of aromatic nitrogens is 4. The lowest BCUT2D eigenvalue weighted by atomic mass is 10.1. The van der Waals surface area contributed by atoms with E-state index in [2.05, 4.69) is 34.1 Å². The fourth-order valence-electron chi connectivity index (χ4n) is 3.95. The Morgan fingerprint density at radius 3 is 2.36 bits per heavy atom. The lowest BCUT2D eigenvalue weighted by Crippen LogP contribution is -2.35. The van der Waals surface area contributed by atoms with E-state index in [4.69, 9.17) is 0 Å². The first-order chi connectivity index (χ1) is 16.0. The fourth-order valence-corrected chi connectivity index (χ4v) is 3.95. The van der Waals surface area contributed by atoms with E-state index < -0.39 is 11.2 Å². The number of unbranched alkanes of at least 4 members (excludes halogenated alkanes) is 8. The van der Waals surface area contributed by atoms with Gasteiger partial charge in [-0.2, -0.15) is 0 Å². The standard InChI is InChI=1S/C25H35N5O3/c1-3-5-7-9-10-11-13-21(31)26-18-14-15-19-20(17-18)28-23-22(27-19)24(32)30(25(33)29-23)16-12-8-6-4-2/h14-15,17H,3-13,16H2,1-2H3,(H,26,31)(H,28,29,33). The molecule has 0 atom stereocenters. The number of aromatic amines is 1. The third-order valence-electron chi connectivity index (χ3n) is 5.86. The van der Waals surface area contributed by atoms with Crippen molar-refractivity contribution in [2.24, 2.45) is 0 Å². The van der Waals surface area contributed by atoms with Crippen molar-refractivity contribution in [3.8, 4) is 0 Å². The second kappa shape index (κ2) is 12.3. The first-order valence-electron chi connectivity index (χ1n) is 12.3. The van der Waals surface area contributed by atoms with Crippen molar-refractivity contribution < 1.29 is 4.79 Å². The average Bonchev–Trinajstić information content (AvgIpc) is 2.79. The van der Waals surface area contributed by atoms with Crippen LogP contribution < -0.4 is 16.6 Å². The highest BCUT2D eigenvalue weighted by Crippen LogP contribution is 2.18. The predicted molar refractivity (Wildman–Crippen MR) is 133 cm³/mol. The highest BCUT2D eigenvalue weighted by molar-refractivity contribution is 5.93. The van der Waals surface area contributed by atoms with E-state index >= 15 is 0 Å². The van der Waals surface area contributed by atoms with Gasteiger partial charge in [-0.1, -0.05) is 65.2 Å². The zero-order valence-electron chi connectivity index (χ0n) is 19.8. The summed E-state index contributed by atoms with van der Waals surface area (Å²) in [5, 5.41) is 2.91. The molecule has 2 aromatic heterocycles. The summed E-state index contributed by atoms with van der Waals surface area (Å²) in [6.07, 6.45) is 11.2. The molecule has 2 N–H and O–H groups in total. The smallest absolute Gasteiger partial charge is 0.326 e. The molecule has 0 bridgehead atoms. The maximum atomic E-state index is 12.8. The molecule has 8 nitrogen and oxygen atoms in total. The highest BCUT2D eigenvalue weighted by Gasteiger charge is 2.12. The molecule has 0 aliphatic rings. The summed E-state index contributed by atoms with van der Waals surface area (Å²) in [5.74, 6) is -0.0297. The molecule has 0 unspecified atom stereocenters. The number of hydrogen-bond donors (Lipinski definition) is 2. The van der Waals surface area contributed by atoms with Gasteiger partial charge in [-0.3, -0.25) is 19.1 Å². The van der Waals surface area contributed by atoms with Gasteiger partial charge >= 0.3 is 5.69 Å². The molecule has 8 heteroatoms. The number of H-pyrrole nitrogens is 1. The monoisotopic (exact) mass is 453 g/mol. The lowest BCUT2D eigenvalue weighted by molar-refractivity contribution is -0.116. The molecule has 1 amide bonds. The third-order valence-corrected chi connectivity index (χ3v) is 5.86. The van der Waals surface area contributed by atoms with Crippen molar-refractivity contribution >= 4 is 33.8 Å². The third kappa shape index (κ3) is 6.73. The van der Waals surface area contributed by atoms with Crippen molar-refractivity contribution in [3.05, 3.63) is 39.0 Å². The van der Waals surface area contributed by atoms with Gasteiger partial charge in [-0.05, 0) is 31.0 Å². The van der Waals surface area contributed by atoms with E-state index in [1.54, 1.807) is 18.2 Å². The van der Waals surface area contributed by atoms with E-state index in [1.807, 2.05) is 0 Å². The number of rotatable bonds is 13. The van der Waals surface area contributed by atoms with Gasteiger partial charge in [0, 0.05) is 18.7 Å². The quantitative estimate of drug-likeness (QED) is 0.282. The van der Waals surface area contributed by atoms with Crippen LogP contribution in [0.5, 0.6) is 0 Å². The fraction of sp³-hybridized carbons (Fsp3) is 0.560. The van der Waals surface area contributed by atoms with E-state index in [0.717, 1.165) is 38.5 Å². The van der Waals surface area contributed by atoms with E-state index in [9.17, 15) is 14.4 Å². The number of nitrogens with zero attached hydrogens (tertiary/aromatic N) is 3. The molecule has 0 radical (unpaired) electrons. The number of carbonyl (C=O) groups excluding carboxylic acids is 1. The Hall–Kier alpha value is -3.03. The number of hydrogen-bond acceptors (Lipinski definition) is 5. The Bertz CT molecular complexity index is 1200. The van der Waals surface area contributed by atoms with Crippen molar-refractivity contribution in [3.63, 3.8) is 0 Å². The van der Waals surface area contributed by atoms with Gasteiger partial charge in [-0.15, -0.1) is 0 Å². The first-order valence-corrected chi connectivity index (χ1v) is 12.3. The molecule has 178 valence electrons. The molecule has 0 fully saturated rings. The lowest BCUT2D eigenvalue weighted by Gasteiger charge is -2.08. The van der Waals surface area contributed by atoms with Gasteiger partial charge in [-0.25, -0.2) is 14.8 Å². The summed E-state index contributed by atoms with van der Waals surface area (Å²) in [6.45, 7) is 4.67. The Kier molecular flexibility index (Phi) is 9.15. The highest BCUT2D eigenvalue weighted by atomic mass is 16.2. The van der Waals surface area contributed by atoms with E-state index in [-0.39, 0.29) is 17.1 Å². The predicted octanol–water partition coefficient (Wildman–Crippen LogP) is 4.90. The molecule has 2 heterocycles. The van der Waals surface area contributed by atoms with Crippen molar-refractivity contribution in [1.82, 2.24) is 19.5 Å². The topological polar surface area (TPSA) is 110 Å². The summed E-state index contributed by atoms with van der Waals surface area (Å²) in [6, 6.07) is 5.21. The molecule has 33 heavy (non-hydrogen) atoms. The van der Waals surface area contributed by atoms with Crippen LogP contribution in [0.2, 0.25) is 0 Å². The second-order valence-electron chi connectivity index (χ2n) is 8.64. The van der Waals surface area contributed by atoms with Crippen LogP contribution in [0.15, 0.2) is 27.8 Å². The van der Waals surface area contributed by atoms with Crippen LogP contribution >= 0.6 is 0 Å². The molecule has 0 aliphatic heterocycles. The SMILES string of the molecule is CCCCCCCCC(=O)Nc1ccc2nc3c(=O)n(CCCCCC)c(=O)[nH]c3nc2c1. The Balaban J connectivity index is 1.72. The van der Waals surface area contributed by atoms with Gasteiger partial charge in [0.25, 0.3) is 5.56 Å². The number of anilines is 1. The summed E-state index contributed by atoms with van der Waals surface area (Å²) < 4.78 is 1.20. The molecule has 0 aliphatic carbocycles. The maximum absolute atomic E-state index is 12.8. The average molecular weight is 454 g/mol. The maximum Gasteiger partial charge on any atom is 0.330 e. The first kappa shape index (κ1) is 24.6. The summed E-state index contributed by atoms with van der Waals surface area (Å²) in [4.78, 5) is 49.1. The summed E-state index contributed by atoms with van der Waals surface area (Å²) in [5.41, 5.74) is 1.10. The Labute approximate surface area is 193 Å². The molecule has 0 spiro atoms. The van der Waals surface area contributed by atoms with Crippen molar-refractivity contribution in [1.29, 1.82) is 0 Å². The minimum Gasteiger partial charge on any atom is -0.326 e. The minimum absolute atomic E-state index is 0.0297. The van der Waals surface area contributed by atoms with Crippen molar-refractivity contribution in [2.75, 3.05) is 5.32 Å². The van der Waals surface area contributed by atoms with Crippen LogP contribution in [0.1, 0.15) is 84.5 Å². The number of benzene rings is 1. The van der Waals surface area contributed by atoms with Crippen molar-refractivity contribution in [2.45, 2.75) is 91.0 Å². The molecular formula is C25H35N5O3. The van der Waals surface area contributed by atoms with Gasteiger partial charge in [0.05, 0.1) is 11.0 Å². The number of nitrogens with one attached hydrogen (secondary N) is 2. The van der Waals surface area contributed by atoms with Crippen LogP contribution in [0, 0.1) is 0 Å². The van der Waals surface area contributed by atoms with E-state index in [0.29, 0.717) is 29.7 Å². The Morgan fingerprint density at radius 2 is 1.61 bits per heavy atom. The largest absolute Gasteiger partial charge is 0.330 e. The summed E-state index contributed by atoms with van der Waals surface area (Å²) >= 11 is 0. The number of carbonyl (C=O) groups is 1. The molecule has 1 aromatic carbocycles. The zero-order valence-corrected chi connectivity index (χ0v) is 19.8. The molecule has 0 saturated carbocycles. The van der Waals surface area contributed by atoms with E-state index in [1.165, 1.54) is 30.3 Å². The van der Waals surface area contributed by atoms with Crippen LogP contribution in [0.25, 0.3) is 22.2 Å². The zero-order chi connectivity index (χ0) is 23.6. The van der Waals surface area contributed by atoms with Crippen LogP contribution in [0.3, 0.4) is 0 Å². The van der Waals surface area contributed by atoms with Gasteiger partial charge in [0.15, 0.2) is 11.2 Å². The van der Waals surface area contributed by atoms with Crippen LogP contribution in [-0.4, -0.2) is 25.4 Å². The number of fused-ring (bicyclic) bond motifs is 2. The normalized spacial score (nSPS) is 11.3.